The summed E-state index contributed by atoms with van der Waals surface area (Å²) in [6.45, 7) is 6.28. The maximum atomic E-state index is 5.97. The zero-order valence-electron chi connectivity index (χ0n) is 9.70. The Morgan fingerprint density at radius 2 is 2.14 bits per heavy atom. The summed E-state index contributed by atoms with van der Waals surface area (Å²) >= 11 is 0. The van der Waals surface area contributed by atoms with E-state index in [2.05, 4.69) is 30.9 Å². The van der Waals surface area contributed by atoms with E-state index in [1.165, 1.54) is 0 Å². The molecule has 0 saturated heterocycles. The molecular formula is C10H20N4. The monoisotopic (exact) mass is 196 g/mol. The number of hydrogen-bond donors (Lipinski definition) is 1. The molecule has 4 nitrogen and oxygen atoms in total. The summed E-state index contributed by atoms with van der Waals surface area (Å²) in [5.74, 6) is 1.01. The Labute approximate surface area is 85.7 Å². The van der Waals surface area contributed by atoms with E-state index < -0.39 is 0 Å². The lowest BCUT2D eigenvalue weighted by atomic mass is 10.2. The van der Waals surface area contributed by atoms with E-state index in [9.17, 15) is 0 Å². The Morgan fingerprint density at radius 1 is 1.57 bits per heavy atom. The third-order valence-electron chi connectivity index (χ3n) is 2.82. The summed E-state index contributed by atoms with van der Waals surface area (Å²) in [7, 11) is 3.98. The van der Waals surface area contributed by atoms with E-state index >= 15 is 0 Å². The van der Waals surface area contributed by atoms with Crippen molar-refractivity contribution in [2.24, 2.45) is 7.05 Å². The van der Waals surface area contributed by atoms with Gasteiger partial charge in [-0.15, -0.1) is 0 Å². The van der Waals surface area contributed by atoms with Gasteiger partial charge in [-0.3, -0.25) is 4.68 Å². The van der Waals surface area contributed by atoms with Crippen LogP contribution >= 0.6 is 0 Å². The predicted octanol–water partition coefficient (Wildman–Crippen LogP) is 1.55. The molecule has 0 spiro atoms. The molecule has 1 unspecified atom stereocenters. The third kappa shape index (κ3) is 1.69. The van der Waals surface area contributed by atoms with Crippen LogP contribution in [0.15, 0.2) is 0 Å². The van der Waals surface area contributed by atoms with Gasteiger partial charge in [-0.05, 0) is 20.3 Å². The number of nitrogens with zero attached hydrogens (tertiary/aromatic N) is 3. The van der Waals surface area contributed by atoms with Crippen molar-refractivity contribution in [1.82, 2.24) is 9.78 Å². The van der Waals surface area contributed by atoms with Crippen molar-refractivity contribution in [3.05, 3.63) is 5.69 Å². The largest absolute Gasteiger partial charge is 0.394 e. The SMILES string of the molecule is CCC(C)N(C)c1c(N)c(C)nn1C. The molecule has 1 rings (SSSR count). The fraction of sp³-hybridized carbons (Fsp3) is 0.700. The number of aromatic nitrogens is 2. The minimum absolute atomic E-state index is 0.479. The predicted molar refractivity (Wildman–Crippen MR) is 60.5 cm³/mol. The van der Waals surface area contributed by atoms with Crippen LogP contribution in [0.3, 0.4) is 0 Å². The molecule has 0 aromatic carbocycles. The molecule has 1 atom stereocenters. The summed E-state index contributed by atoms with van der Waals surface area (Å²) in [5, 5.41) is 4.30. The molecule has 0 radical (unpaired) electrons. The summed E-state index contributed by atoms with van der Waals surface area (Å²) in [6.07, 6.45) is 1.10. The Hall–Kier alpha value is -1.19. The normalized spacial score (nSPS) is 12.9. The van der Waals surface area contributed by atoms with E-state index in [4.69, 9.17) is 5.73 Å². The van der Waals surface area contributed by atoms with Gasteiger partial charge in [-0.2, -0.15) is 5.10 Å². The topological polar surface area (TPSA) is 47.1 Å². The van der Waals surface area contributed by atoms with Crippen LogP contribution < -0.4 is 10.6 Å². The van der Waals surface area contributed by atoms with Crippen LogP contribution in [-0.2, 0) is 7.05 Å². The molecule has 0 amide bonds. The molecule has 14 heavy (non-hydrogen) atoms. The van der Waals surface area contributed by atoms with Gasteiger partial charge < -0.3 is 10.6 Å². The fourth-order valence-electron chi connectivity index (χ4n) is 1.56. The van der Waals surface area contributed by atoms with Crippen molar-refractivity contribution in [2.75, 3.05) is 17.7 Å². The van der Waals surface area contributed by atoms with Gasteiger partial charge >= 0.3 is 0 Å². The highest BCUT2D eigenvalue weighted by Crippen LogP contribution is 2.26. The molecule has 80 valence electrons. The van der Waals surface area contributed by atoms with Crippen molar-refractivity contribution in [3.8, 4) is 0 Å². The Balaban J connectivity index is 3.05. The summed E-state index contributed by atoms with van der Waals surface area (Å²) in [5.41, 5.74) is 7.66. The molecule has 2 N–H and O–H groups in total. The van der Waals surface area contributed by atoms with Crippen LogP contribution in [-0.4, -0.2) is 22.9 Å². The van der Waals surface area contributed by atoms with Crippen LogP contribution in [0.2, 0.25) is 0 Å². The van der Waals surface area contributed by atoms with Crippen molar-refractivity contribution < 1.29 is 0 Å². The molecule has 0 aliphatic rings. The first-order valence-corrected chi connectivity index (χ1v) is 5.00. The van der Waals surface area contributed by atoms with Crippen LogP contribution in [0.1, 0.15) is 26.0 Å². The lowest BCUT2D eigenvalue weighted by molar-refractivity contribution is 0.630. The van der Waals surface area contributed by atoms with Crippen LogP contribution in [0.4, 0.5) is 11.5 Å². The number of rotatable bonds is 3. The third-order valence-corrected chi connectivity index (χ3v) is 2.82. The number of nitrogen functional groups attached to an aromatic ring is 1. The van der Waals surface area contributed by atoms with Gasteiger partial charge in [0.25, 0.3) is 0 Å². The van der Waals surface area contributed by atoms with E-state index in [1.807, 2.05) is 18.7 Å². The number of aryl methyl sites for hydroxylation is 2. The molecule has 0 aliphatic heterocycles. The first-order chi connectivity index (χ1) is 6.49. The molecule has 4 heteroatoms. The molecule has 1 aromatic heterocycles. The van der Waals surface area contributed by atoms with Crippen molar-refractivity contribution in [1.29, 1.82) is 0 Å². The smallest absolute Gasteiger partial charge is 0.150 e. The molecule has 1 aromatic rings. The van der Waals surface area contributed by atoms with Gasteiger partial charge in [0.15, 0.2) is 0 Å². The van der Waals surface area contributed by atoms with Gasteiger partial charge in [-0.1, -0.05) is 6.92 Å². The summed E-state index contributed by atoms with van der Waals surface area (Å²) in [4.78, 5) is 2.18. The highest BCUT2D eigenvalue weighted by atomic mass is 15.4. The molecule has 0 bridgehead atoms. The summed E-state index contributed by atoms with van der Waals surface area (Å²) in [6, 6.07) is 0.479. The van der Waals surface area contributed by atoms with Crippen LogP contribution in [0.5, 0.6) is 0 Å². The second kappa shape index (κ2) is 3.90. The second-order valence-electron chi connectivity index (χ2n) is 3.81. The Kier molecular flexibility index (Phi) is 3.03. The standard InChI is InChI=1S/C10H20N4/c1-6-7(2)13(4)10-9(11)8(3)12-14(10)5/h7H,6,11H2,1-5H3. The van der Waals surface area contributed by atoms with Gasteiger partial charge in [0.2, 0.25) is 0 Å². The average molecular weight is 196 g/mol. The minimum Gasteiger partial charge on any atom is -0.394 e. The molecule has 1 heterocycles. The van der Waals surface area contributed by atoms with Crippen molar-refractivity contribution in [3.63, 3.8) is 0 Å². The molecule has 0 saturated carbocycles. The number of nitrogens with two attached hydrogens (primary N) is 1. The first kappa shape index (κ1) is 10.9. The van der Waals surface area contributed by atoms with Crippen LogP contribution in [0, 0.1) is 6.92 Å². The molecule has 0 aliphatic carbocycles. The minimum atomic E-state index is 0.479. The van der Waals surface area contributed by atoms with E-state index in [0.29, 0.717) is 6.04 Å². The zero-order chi connectivity index (χ0) is 10.9. The lowest BCUT2D eigenvalue weighted by Crippen LogP contribution is -2.30. The Morgan fingerprint density at radius 3 is 2.50 bits per heavy atom. The first-order valence-electron chi connectivity index (χ1n) is 5.00. The quantitative estimate of drug-likeness (QED) is 0.797. The summed E-state index contributed by atoms with van der Waals surface area (Å²) < 4.78 is 1.84. The average Bonchev–Trinajstić information content (AvgIpc) is 2.39. The van der Waals surface area contributed by atoms with Gasteiger partial charge in [0.05, 0.1) is 11.4 Å². The van der Waals surface area contributed by atoms with Crippen molar-refractivity contribution in [2.45, 2.75) is 33.2 Å². The number of hydrogen-bond acceptors (Lipinski definition) is 3. The Bertz CT molecular complexity index is 316. The second-order valence-corrected chi connectivity index (χ2v) is 3.81. The maximum absolute atomic E-state index is 5.97. The molecular weight excluding hydrogens is 176 g/mol. The zero-order valence-corrected chi connectivity index (χ0v) is 9.70. The van der Waals surface area contributed by atoms with Gasteiger partial charge in [0, 0.05) is 20.1 Å². The van der Waals surface area contributed by atoms with E-state index in [1.54, 1.807) is 0 Å². The van der Waals surface area contributed by atoms with Gasteiger partial charge in [0.1, 0.15) is 5.82 Å². The van der Waals surface area contributed by atoms with Gasteiger partial charge in [-0.25, -0.2) is 0 Å². The maximum Gasteiger partial charge on any atom is 0.150 e. The molecule has 0 fully saturated rings. The van der Waals surface area contributed by atoms with Crippen molar-refractivity contribution >= 4 is 11.5 Å². The van der Waals surface area contributed by atoms with E-state index in [0.717, 1.165) is 23.6 Å². The highest BCUT2D eigenvalue weighted by Gasteiger charge is 2.17. The fourth-order valence-corrected chi connectivity index (χ4v) is 1.56. The highest BCUT2D eigenvalue weighted by molar-refractivity contribution is 5.66. The van der Waals surface area contributed by atoms with Crippen LogP contribution in [0.25, 0.3) is 0 Å². The number of anilines is 2. The lowest BCUT2D eigenvalue weighted by Gasteiger charge is -2.26. The van der Waals surface area contributed by atoms with E-state index in [-0.39, 0.29) is 0 Å².